The molecule has 234 valence electrons. The van der Waals surface area contributed by atoms with Crippen molar-refractivity contribution >= 4 is 33.8 Å². The minimum absolute atomic E-state index is 0.0683. The molecule has 1 aromatic heterocycles. The molecule has 5 rings (SSSR count). The molecule has 2 aliphatic heterocycles. The van der Waals surface area contributed by atoms with Crippen molar-refractivity contribution in [2.75, 3.05) is 13.2 Å². The van der Waals surface area contributed by atoms with Crippen LogP contribution in [0.15, 0.2) is 36.7 Å². The molecule has 3 heterocycles. The van der Waals surface area contributed by atoms with Crippen LogP contribution in [-0.2, 0) is 29.1 Å². The van der Waals surface area contributed by atoms with Crippen molar-refractivity contribution in [1.29, 1.82) is 0 Å². The van der Waals surface area contributed by atoms with Gasteiger partial charge in [0.2, 0.25) is 21.8 Å². The number of hydrogen-bond donors (Lipinski definition) is 3. The summed E-state index contributed by atoms with van der Waals surface area (Å²) in [6, 6.07) is 1.39. The predicted molar refractivity (Wildman–Crippen MR) is 154 cm³/mol. The number of rotatable bonds is 7. The molecular weight excluding hydrogens is 578 g/mol. The largest absolute Gasteiger partial charge is 0.488 e. The first kappa shape index (κ1) is 30.8. The zero-order valence-electron chi connectivity index (χ0n) is 24.2. The molecular formula is C29H39N5O8S. The highest BCUT2D eigenvalue weighted by Gasteiger charge is 2.62. The van der Waals surface area contributed by atoms with E-state index in [0.29, 0.717) is 31.4 Å². The summed E-state index contributed by atoms with van der Waals surface area (Å²) >= 11 is 0. The third-order valence-corrected chi connectivity index (χ3v) is 10.2. The quantitative estimate of drug-likeness (QED) is 0.384. The molecule has 0 aromatic carbocycles. The van der Waals surface area contributed by atoms with Crippen molar-refractivity contribution in [3.8, 4) is 5.75 Å². The first-order chi connectivity index (χ1) is 20.6. The second-order valence-corrected chi connectivity index (χ2v) is 13.6. The fourth-order valence-corrected chi connectivity index (χ4v) is 7.14. The number of fused-ring (bicyclic) bond motifs is 2. The van der Waals surface area contributed by atoms with Crippen LogP contribution in [0.1, 0.15) is 64.7 Å². The van der Waals surface area contributed by atoms with E-state index in [1.54, 1.807) is 31.5 Å². The number of nitrogens with zero attached hydrogens (tertiary/aromatic N) is 2. The van der Waals surface area contributed by atoms with Crippen LogP contribution in [0.25, 0.3) is 0 Å². The van der Waals surface area contributed by atoms with Crippen LogP contribution in [0.5, 0.6) is 5.75 Å². The molecule has 2 aliphatic carbocycles. The summed E-state index contributed by atoms with van der Waals surface area (Å²) < 4.78 is 38.6. The summed E-state index contributed by atoms with van der Waals surface area (Å²) in [5.74, 6) is -1.68. The number of alkyl carbamates (subject to hydrolysis) is 1. The van der Waals surface area contributed by atoms with E-state index in [1.165, 1.54) is 4.90 Å². The minimum Gasteiger partial charge on any atom is -0.488 e. The van der Waals surface area contributed by atoms with Crippen LogP contribution in [0.4, 0.5) is 4.79 Å². The van der Waals surface area contributed by atoms with Gasteiger partial charge in [-0.25, -0.2) is 13.2 Å². The Labute approximate surface area is 251 Å². The topological polar surface area (TPSA) is 173 Å². The fourth-order valence-electron chi connectivity index (χ4n) is 5.77. The molecule has 0 radical (unpaired) electrons. The summed E-state index contributed by atoms with van der Waals surface area (Å²) in [5.41, 5.74) is -1.45. The maximum atomic E-state index is 14.0. The number of pyridine rings is 1. The molecule has 5 atom stereocenters. The molecule has 13 nitrogen and oxygen atoms in total. The monoisotopic (exact) mass is 617 g/mol. The highest BCUT2D eigenvalue weighted by molar-refractivity contribution is 7.91. The molecule has 1 aromatic rings. The number of aromatic nitrogens is 1. The van der Waals surface area contributed by atoms with E-state index in [1.807, 2.05) is 12.2 Å². The van der Waals surface area contributed by atoms with Crippen LogP contribution < -0.4 is 20.1 Å². The van der Waals surface area contributed by atoms with Gasteiger partial charge in [-0.15, -0.1) is 0 Å². The SMILES string of the molecule is CCOC(=O)NC1CCCCC/C=C/[C@@H]2C[C@@]2(C(=O)NS(=O)(=O)C2CC2)NC(=O)[C@@H]2C[C@@H](Oc3ccncc3)CN2C1=O. The van der Waals surface area contributed by atoms with E-state index in [9.17, 15) is 27.6 Å². The molecule has 0 bridgehead atoms. The molecule has 1 unspecified atom stereocenters. The van der Waals surface area contributed by atoms with Crippen molar-refractivity contribution in [3.05, 3.63) is 36.7 Å². The van der Waals surface area contributed by atoms with Gasteiger partial charge in [0.05, 0.1) is 18.4 Å². The summed E-state index contributed by atoms with van der Waals surface area (Å²) in [4.78, 5) is 59.1. The predicted octanol–water partition coefficient (Wildman–Crippen LogP) is 1.55. The number of sulfonamides is 1. The standard InChI is InChI=1S/C29H39N5O8S/c1-2-41-28(38)31-23-9-7-5-3-4-6-8-19-17-29(19,27(37)33-43(39,40)22-10-11-22)32-25(35)24-16-21(18-34(24)26(23)36)42-20-12-14-30-15-13-20/h6,8,12-15,19,21-24H,2-5,7,9-11,16-18H2,1H3,(H,31,38)(H,32,35)(H,33,37)/b8-6+/t19-,21-,23?,24+,29-/m1/s1. The van der Waals surface area contributed by atoms with Gasteiger partial charge in [-0.05, 0) is 57.6 Å². The van der Waals surface area contributed by atoms with Gasteiger partial charge in [0.15, 0.2) is 0 Å². The normalized spacial score (nSPS) is 30.4. The summed E-state index contributed by atoms with van der Waals surface area (Å²) in [6.45, 7) is 1.87. The Morgan fingerprint density at radius 3 is 2.63 bits per heavy atom. The lowest BCUT2D eigenvalue weighted by Gasteiger charge is -2.29. The third-order valence-electron chi connectivity index (χ3n) is 8.36. The van der Waals surface area contributed by atoms with E-state index in [-0.39, 0.29) is 31.9 Å². The van der Waals surface area contributed by atoms with Crippen molar-refractivity contribution in [2.24, 2.45) is 5.92 Å². The van der Waals surface area contributed by atoms with Crippen LogP contribution in [0, 0.1) is 5.92 Å². The molecule has 3 N–H and O–H groups in total. The van der Waals surface area contributed by atoms with Crippen LogP contribution in [-0.4, -0.2) is 84.2 Å². The molecule has 14 heteroatoms. The molecule has 4 amide bonds. The number of nitrogens with one attached hydrogen (secondary N) is 3. The Morgan fingerprint density at radius 2 is 1.91 bits per heavy atom. The van der Waals surface area contributed by atoms with Gasteiger partial charge in [-0.2, -0.15) is 0 Å². The van der Waals surface area contributed by atoms with Crippen LogP contribution >= 0.6 is 0 Å². The average molecular weight is 618 g/mol. The van der Waals surface area contributed by atoms with Gasteiger partial charge in [0.25, 0.3) is 5.91 Å². The van der Waals surface area contributed by atoms with Gasteiger partial charge in [0.1, 0.15) is 29.5 Å². The van der Waals surface area contributed by atoms with E-state index < -0.39 is 62.8 Å². The average Bonchev–Trinajstić information content (AvgIpc) is 3.89. The lowest BCUT2D eigenvalue weighted by molar-refractivity contribution is -0.141. The van der Waals surface area contributed by atoms with E-state index >= 15 is 0 Å². The van der Waals surface area contributed by atoms with E-state index in [4.69, 9.17) is 9.47 Å². The maximum absolute atomic E-state index is 14.0. The number of allylic oxidation sites excluding steroid dienone is 1. The van der Waals surface area contributed by atoms with Crippen molar-refractivity contribution in [1.82, 2.24) is 25.2 Å². The molecule has 4 aliphatic rings. The Bertz CT molecular complexity index is 1350. The van der Waals surface area contributed by atoms with Gasteiger partial charge >= 0.3 is 6.09 Å². The highest BCUT2D eigenvalue weighted by Crippen LogP contribution is 2.46. The van der Waals surface area contributed by atoms with Crippen molar-refractivity contribution in [2.45, 2.75) is 93.7 Å². The van der Waals surface area contributed by atoms with Crippen LogP contribution in [0.2, 0.25) is 0 Å². The zero-order valence-corrected chi connectivity index (χ0v) is 25.0. The molecule has 3 fully saturated rings. The molecule has 43 heavy (non-hydrogen) atoms. The maximum Gasteiger partial charge on any atom is 0.407 e. The minimum atomic E-state index is -3.84. The lowest BCUT2D eigenvalue weighted by Crippen LogP contribution is -2.58. The Kier molecular flexibility index (Phi) is 9.23. The molecule has 1 saturated heterocycles. The van der Waals surface area contributed by atoms with Gasteiger partial charge in [-0.3, -0.25) is 24.1 Å². The number of carbonyl (C=O) groups excluding carboxylic acids is 4. The summed E-state index contributed by atoms with van der Waals surface area (Å²) in [6.07, 6.45) is 10.4. The van der Waals surface area contributed by atoms with Crippen molar-refractivity contribution < 1.29 is 37.1 Å². The van der Waals surface area contributed by atoms with Crippen molar-refractivity contribution in [3.63, 3.8) is 0 Å². The highest BCUT2D eigenvalue weighted by atomic mass is 32.2. The van der Waals surface area contributed by atoms with Gasteiger partial charge in [0, 0.05) is 24.7 Å². The second-order valence-electron chi connectivity index (χ2n) is 11.6. The third kappa shape index (κ3) is 7.28. The Balaban J connectivity index is 1.42. The Morgan fingerprint density at radius 1 is 1.14 bits per heavy atom. The summed E-state index contributed by atoms with van der Waals surface area (Å²) in [5, 5.41) is 4.89. The zero-order chi connectivity index (χ0) is 30.6. The van der Waals surface area contributed by atoms with E-state index in [0.717, 1.165) is 19.3 Å². The Hall–Kier alpha value is -3.68. The van der Waals surface area contributed by atoms with Crippen LogP contribution in [0.3, 0.4) is 0 Å². The second kappa shape index (κ2) is 12.9. The lowest BCUT2D eigenvalue weighted by atomic mass is 10.1. The molecule has 2 saturated carbocycles. The number of hydrogen-bond acceptors (Lipinski definition) is 9. The fraction of sp³-hybridized carbons (Fsp3) is 0.621. The summed E-state index contributed by atoms with van der Waals surface area (Å²) in [7, 11) is -3.84. The number of carbonyl (C=O) groups is 4. The number of amides is 4. The van der Waals surface area contributed by atoms with E-state index in [2.05, 4.69) is 20.3 Å². The molecule has 0 spiro atoms. The van der Waals surface area contributed by atoms with Gasteiger partial charge < -0.3 is 25.0 Å². The number of ether oxygens (including phenoxy) is 2. The van der Waals surface area contributed by atoms with Gasteiger partial charge in [-0.1, -0.05) is 25.0 Å². The smallest absolute Gasteiger partial charge is 0.407 e. The first-order valence-electron chi connectivity index (χ1n) is 15.0. The first-order valence-corrected chi connectivity index (χ1v) is 16.5.